The van der Waals surface area contributed by atoms with Gasteiger partial charge >= 0.3 is 6.03 Å². The SMILES string of the molecule is C[C@H]1[C@@H](CN2CCC(O)(c3ccc(Cl)cc3)CC2)O[C@@H](c2ccc(-c3ccccc3CNC(=O)NC34CC5CC(CC(C5)C3)C4)cc2)O[C@H]1c1ccc(CO)cc1. The van der Waals surface area contributed by atoms with Gasteiger partial charge in [0.25, 0.3) is 0 Å². The predicted molar refractivity (Wildman–Crippen MR) is 222 cm³/mol. The number of rotatable bonds is 10. The molecule has 2 aliphatic heterocycles. The molecule has 57 heavy (non-hydrogen) atoms. The Morgan fingerprint density at radius 1 is 0.825 bits per heavy atom. The third-order valence-electron chi connectivity index (χ3n) is 14.0. The van der Waals surface area contributed by atoms with E-state index in [9.17, 15) is 15.0 Å². The number of nitrogens with zero attached hydrogens (tertiary/aromatic N) is 1. The molecule has 6 aliphatic rings. The minimum absolute atomic E-state index is 0.00632. The molecule has 0 unspecified atom stereocenters. The molecule has 0 spiro atoms. The molecule has 2 heterocycles. The zero-order valence-corrected chi connectivity index (χ0v) is 33.7. The molecule has 4 N–H and O–H groups in total. The van der Waals surface area contributed by atoms with Crippen LogP contribution in [0.1, 0.15) is 98.5 Å². The summed E-state index contributed by atoms with van der Waals surface area (Å²) in [5.74, 6) is 2.39. The summed E-state index contributed by atoms with van der Waals surface area (Å²) in [5, 5.41) is 28.6. The zero-order chi connectivity index (χ0) is 39.1. The number of hydrogen-bond acceptors (Lipinski definition) is 6. The van der Waals surface area contributed by atoms with Crippen LogP contribution >= 0.6 is 11.6 Å². The maximum atomic E-state index is 13.3. The number of aliphatic hydroxyl groups excluding tert-OH is 1. The first-order chi connectivity index (χ1) is 27.6. The van der Waals surface area contributed by atoms with E-state index in [0.29, 0.717) is 24.4 Å². The lowest BCUT2D eigenvalue weighted by atomic mass is 9.53. The van der Waals surface area contributed by atoms with Gasteiger partial charge < -0.3 is 35.2 Å². The fourth-order valence-electron chi connectivity index (χ4n) is 11.2. The second kappa shape index (κ2) is 16.1. The van der Waals surface area contributed by atoms with Gasteiger partial charge in [0.1, 0.15) is 0 Å². The summed E-state index contributed by atoms with van der Waals surface area (Å²) in [5.41, 5.74) is 6.09. The lowest BCUT2D eigenvalue weighted by Crippen LogP contribution is -2.61. The van der Waals surface area contributed by atoms with Crippen molar-refractivity contribution in [3.63, 3.8) is 0 Å². The minimum Gasteiger partial charge on any atom is -0.392 e. The molecule has 6 fully saturated rings. The number of piperidine rings is 1. The molecule has 4 aliphatic carbocycles. The summed E-state index contributed by atoms with van der Waals surface area (Å²) in [6, 6.07) is 32.2. The molecule has 4 saturated carbocycles. The maximum Gasteiger partial charge on any atom is 0.315 e. The van der Waals surface area contributed by atoms with Crippen molar-refractivity contribution in [1.29, 1.82) is 0 Å². The van der Waals surface area contributed by atoms with Crippen LogP contribution in [0, 0.1) is 23.7 Å². The normalized spacial score (nSPS) is 30.6. The van der Waals surface area contributed by atoms with Gasteiger partial charge in [-0.15, -0.1) is 0 Å². The average molecular weight is 790 g/mol. The number of hydrogen-bond donors (Lipinski definition) is 4. The van der Waals surface area contributed by atoms with Gasteiger partial charge in [0, 0.05) is 48.2 Å². The van der Waals surface area contributed by atoms with Gasteiger partial charge in [-0.25, -0.2) is 4.79 Å². The summed E-state index contributed by atoms with van der Waals surface area (Å²) >= 11 is 6.13. The highest BCUT2D eigenvalue weighted by molar-refractivity contribution is 6.30. The number of urea groups is 1. The molecule has 4 atom stereocenters. The number of carbonyl (C=O) groups is 1. The second-order valence-corrected chi connectivity index (χ2v) is 18.4. The van der Waals surface area contributed by atoms with Gasteiger partial charge in [-0.3, -0.25) is 0 Å². The largest absolute Gasteiger partial charge is 0.392 e. The number of halogens is 1. The van der Waals surface area contributed by atoms with E-state index in [1.54, 1.807) is 0 Å². The van der Waals surface area contributed by atoms with Crippen molar-refractivity contribution in [2.24, 2.45) is 23.7 Å². The van der Waals surface area contributed by atoms with Gasteiger partial charge in [0.15, 0.2) is 6.29 Å². The highest BCUT2D eigenvalue weighted by Gasteiger charge is 2.51. The first-order valence-corrected chi connectivity index (χ1v) is 21.5. The summed E-state index contributed by atoms with van der Waals surface area (Å²) in [4.78, 5) is 15.7. The smallest absolute Gasteiger partial charge is 0.315 e. The molecule has 4 bridgehead atoms. The molecular formula is C48H56ClN3O5. The Morgan fingerprint density at radius 2 is 1.46 bits per heavy atom. The number of likely N-dealkylation sites (tertiary alicyclic amines) is 1. The van der Waals surface area contributed by atoms with Gasteiger partial charge in [0.2, 0.25) is 0 Å². The second-order valence-electron chi connectivity index (χ2n) is 17.9. The van der Waals surface area contributed by atoms with Crippen LogP contribution in [-0.4, -0.2) is 52.4 Å². The fourth-order valence-corrected chi connectivity index (χ4v) is 11.4. The molecule has 0 aromatic heterocycles. The molecule has 4 aromatic carbocycles. The average Bonchev–Trinajstić information content (AvgIpc) is 3.21. The van der Waals surface area contributed by atoms with Crippen molar-refractivity contribution in [2.75, 3.05) is 19.6 Å². The Kier molecular flexibility index (Phi) is 11.0. The first-order valence-electron chi connectivity index (χ1n) is 21.1. The van der Waals surface area contributed by atoms with Crippen LogP contribution in [-0.2, 0) is 28.2 Å². The molecule has 2 amide bonds. The van der Waals surface area contributed by atoms with E-state index in [-0.39, 0.29) is 36.3 Å². The van der Waals surface area contributed by atoms with Crippen LogP contribution in [0.25, 0.3) is 11.1 Å². The van der Waals surface area contributed by atoms with Crippen molar-refractivity contribution in [2.45, 2.75) is 101 Å². The molecule has 8 nitrogen and oxygen atoms in total. The van der Waals surface area contributed by atoms with Crippen LogP contribution in [0.5, 0.6) is 0 Å². The third-order valence-corrected chi connectivity index (χ3v) is 14.2. The van der Waals surface area contributed by atoms with Crippen LogP contribution in [0.3, 0.4) is 0 Å². The van der Waals surface area contributed by atoms with Crippen molar-refractivity contribution < 1.29 is 24.5 Å². The standard InChI is InChI=1S/C48H56ClN3O5/c1-31-43(29-52-20-18-48(55,19-21-52)40-14-16-41(49)17-15-40)56-45(57-44(31)37-8-6-32(30-53)7-9-37)38-12-10-36(11-13-38)42-5-3-2-4-39(42)28-50-46(54)51-47-25-33-22-34(26-47)24-35(23-33)27-47/h2-17,31,33-35,43-45,53,55H,18-30H2,1H3,(H2,50,51,54)/t31-,33?,34?,35?,43+,44+,45+,47?/m0/s1. The van der Waals surface area contributed by atoms with E-state index in [2.05, 4.69) is 71.0 Å². The monoisotopic (exact) mass is 789 g/mol. The van der Waals surface area contributed by atoms with E-state index in [1.807, 2.05) is 48.5 Å². The summed E-state index contributed by atoms with van der Waals surface area (Å²) in [6.07, 6.45) is 7.80. The quantitative estimate of drug-likeness (QED) is 0.128. The van der Waals surface area contributed by atoms with E-state index in [1.165, 1.54) is 19.3 Å². The molecule has 2 saturated heterocycles. The zero-order valence-electron chi connectivity index (χ0n) is 32.9. The lowest BCUT2D eigenvalue weighted by molar-refractivity contribution is -0.277. The number of nitrogens with one attached hydrogen (secondary N) is 2. The van der Waals surface area contributed by atoms with Crippen LogP contribution in [0.2, 0.25) is 5.02 Å². The topological polar surface area (TPSA) is 103 Å². The summed E-state index contributed by atoms with van der Waals surface area (Å²) in [7, 11) is 0. The molecule has 0 radical (unpaired) electrons. The highest BCUT2D eigenvalue weighted by Crippen LogP contribution is 2.55. The minimum atomic E-state index is -0.875. The molecule has 300 valence electrons. The Morgan fingerprint density at radius 3 is 2.11 bits per heavy atom. The number of benzene rings is 4. The van der Waals surface area contributed by atoms with Crippen molar-refractivity contribution in [1.82, 2.24) is 15.5 Å². The number of amides is 2. The number of ether oxygens (including phenoxy) is 2. The molecule has 4 aromatic rings. The molecule has 9 heteroatoms. The Hall–Kier alpha value is -3.76. The predicted octanol–water partition coefficient (Wildman–Crippen LogP) is 9.04. The van der Waals surface area contributed by atoms with E-state index in [0.717, 1.165) is 95.6 Å². The van der Waals surface area contributed by atoms with Gasteiger partial charge in [0.05, 0.1) is 24.4 Å². The summed E-state index contributed by atoms with van der Waals surface area (Å²) in [6.45, 7) is 4.86. The first kappa shape index (κ1) is 38.7. The van der Waals surface area contributed by atoms with Crippen LogP contribution < -0.4 is 10.6 Å². The lowest BCUT2D eigenvalue weighted by Gasteiger charge is -2.56. The van der Waals surface area contributed by atoms with Crippen LogP contribution in [0.15, 0.2) is 97.1 Å². The van der Waals surface area contributed by atoms with Gasteiger partial charge in [-0.2, -0.15) is 0 Å². The Balaban J connectivity index is 0.884. The van der Waals surface area contributed by atoms with E-state index < -0.39 is 11.9 Å². The Labute approximate surface area is 341 Å². The van der Waals surface area contributed by atoms with Gasteiger partial charge in [-0.05, 0) is 115 Å². The van der Waals surface area contributed by atoms with Crippen molar-refractivity contribution in [3.8, 4) is 11.1 Å². The number of aliphatic hydroxyl groups is 2. The maximum absolute atomic E-state index is 13.3. The van der Waals surface area contributed by atoms with E-state index in [4.69, 9.17) is 21.1 Å². The van der Waals surface area contributed by atoms with Crippen molar-refractivity contribution in [3.05, 3.63) is 130 Å². The highest BCUT2D eigenvalue weighted by atomic mass is 35.5. The third kappa shape index (κ3) is 8.27. The fraction of sp³-hybridized carbons (Fsp3) is 0.479. The van der Waals surface area contributed by atoms with Crippen LogP contribution in [0.4, 0.5) is 4.79 Å². The van der Waals surface area contributed by atoms with E-state index >= 15 is 0 Å². The Bertz CT molecular complexity index is 1980. The molecule has 10 rings (SSSR count). The molecular weight excluding hydrogens is 734 g/mol. The van der Waals surface area contributed by atoms with Gasteiger partial charge in [-0.1, -0.05) is 103 Å². The number of carbonyl (C=O) groups excluding carboxylic acids is 1. The summed E-state index contributed by atoms with van der Waals surface area (Å²) < 4.78 is 13.6. The van der Waals surface area contributed by atoms with Crippen molar-refractivity contribution >= 4 is 17.6 Å².